The van der Waals surface area contributed by atoms with Gasteiger partial charge >= 0.3 is 0 Å². The molecule has 1 heterocycles. The Morgan fingerprint density at radius 2 is 1.95 bits per heavy atom. The van der Waals surface area contributed by atoms with E-state index in [4.69, 9.17) is 21.1 Å². The molecule has 1 saturated heterocycles. The standard InChI is InChI=1S/C16H21ClO3/c17-14-6-2-1-5-13(14)15-11-12(7-10-18)19-16(20-15)8-3-4-9-16/h1-2,5-6,12,15,18H,3-4,7-11H2/t12-,15-/m0/s1. The first-order valence-corrected chi connectivity index (χ1v) is 7.81. The van der Waals surface area contributed by atoms with Crippen LogP contribution in [-0.2, 0) is 9.47 Å². The van der Waals surface area contributed by atoms with Crippen LogP contribution in [-0.4, -0.2) is 23.6 Å². The second kappa shape index (κ2) is 6.02. The third-order valence-electron chi connectivity index (χ3n) is 4.28. The molecule has 2 atom stereocenters. The molecule has 0 radical (unpaired) electrons. The van der Waals surface area contributed by atoms with Gasteiger partial charge in [0.15, 0.2) is 5.79 Å². The third kappa shape index (κ3) is 2.86. The lowest BCUT2D eigenvalue weighted by atomic mass is 9.98. The molecule has 1 aromatic rings. The number of aliphatic hydroxyl groups is 1. The molecule has 2 fully saturated rings. The molecule has 0 unspecified atom stereocenters. The number of hydrogen-bond acceptors (Lipinski definition) is 3. The van der Waals surface area contributed by atoms with Crippen molar-refractivity contribution in [2.24, 2.45) is 0 Å². The normalized spacial score (nSPS) is 28.9. The predicted molar refractivity (Wildman–Crippen MR) is 77.7 cm³/mol. The molecule has 1 aliphatic heterocycles. The summed E-state index contributed by atoms with van der Waals surface area (Å²) in [5.74, 6) is -0.456. The van der Waals surface area contributed by atoms with Crippen molar-refractivity contribution in [3.63, 3.8) is 0 Å². The van der Waals surface area contributed by atoms with Crippen LogP contribution in [0.25, 0.3) is 0 Å². The van der Waals surface area contributed by atoms with Gasteiger partial charge in [0.1, 0.15) is 0 Å². The average Bonchev–Trinajstić information content (AvgIpc) is 2.87. The van der Waals surface area contributed by atoms with Crippen LogP contribution in [0.1, 0.15) is 50.2 Å². The van der Waals surface area contributed by atoms with E-state index in [1.165, 1.54) is 0 Å². The van der Waals surface area contributed by atoms with Crippen molar-refractivity contribution in [3.8, 4) is 0 Å². The monoisotopic (exact) mass is 296 g/mol. The fraction of sp³-hybridized carbons (Fsp3) is 0.625. The molecule has 1 saturated carbocycles. The van der Waals surface area contributed by atoms with Gasteiger partial charge in [0.05, 0.1) is 12.2 Å². The van der Waals surface area contributed by atoms with E-state index in [1.807, 2.05) is 24.3 Å². The lowest BCUT2D eigenvalue weighted by molar-refractivity contribution is -0.318. The van der Waals surface area contributed by atoms with Crippen LogP contribution in [0.15, 0.2) is 24.3 Å². The highest BCUT2D eigenvalue weighted by atomic mass is 35.5. The van der Waals surface area contributed by atoms with Crippen molar-refractivity contribution in [2.75, 3.05) is 6.61 Å². The highest BCUT2D eigenvalue weighted by Gasteiger charge is 2.45. The molecule has 3 nitrogen and oxygen atoms in total. The number of benzene rings is 1. The van der Waals surface area contributed by atoms with E-state index < -0.39 is 5.79 Å². The van der Waals surface area contributed by atoms with Crippen molar-refractivity contribution in [3.05, 3.63) is 34.9 Å². The number of hydrogen-bond donors (Lipinski definition) is 1. The van der Waals surface area contributed by atoms with Crippen LogP contribution in [0.2, 0.25) is 5.02 Å². The van der Waals surface area contributed by atoms with Crippen molar-refractivity contribution in [1.29, 1.82) is 0 Å². The largest absolute Gasteiger partial charge is 0.396 e. The summed E-state index contributed by atoms with van der Waals surface area (Å²) in [5.41, 5.74) is 1.03. The van der Waals surface area contributed by atoms with E-state index in [1.54, 1.807) is 0 Å². The van der Waals surface area contributed by atoms with Crippen LogP contribution in [0, 0.1) is 0 Å². The molecule has 1 N–H and O–H groups in total. The van der Waals surface area contributed by atoms with Gasteiger partial charge in [-0.15, -0.1) is 0 Å². The topological polar surface area (TPSA) is 38.7 Å². The summed E-state index contributed by atoms with van der Waals surface area (Å²) < 4.78 is 12.4. The predicted octanol–water partition coefficient (Wildman–Crippen LogP) is 3.84. The van der Waals surface area contributed by atoms with Crippen LogP contribution in [0.5, 0.6) is 0 Å². The Balaban J connectivity index is 1.84. The Kier molecular flexibility index (Phi) is 4.32. The summed E-state index contributed by atoms with van der Waals surface area (Å²) in [6.45, 7) is 0.149. The Morgan fingerprint density at radius 1 is 1.20 bits per heavy atom. The minimum Gasteiger partial charge on any atom is -0.396 e. The summed E-state index contributed by atoms with van der Waals surface area (Å²) in [6, 6.07) is 7.85. The van der Waals surface area contributed by atoms with Crippen molar-refractivity contribution in [1.82, 2.24) is 0 Å². The Hall–Kier alpha value is -0.610. The van der Waals surface area contributed by atoms with Crippen molar-refractivity contribution < 1.29 is 14.6 Å². The maximum Gasteiger partial charge on any atom is 0.169 e. The molecule has 1 aromatic carbocycles. The zero-order valence-corrected chi connectivity index (χ0v) is 12.3. The van der Waals surface area contributed by atoms with E-state index in [0.717, 1.165) is 42.7 Å². The van der Waals surface area contributed by atoms with E-state index >= 15 is 0 Å². The second-order valence-corrected chi connectivity index (χ2v) is 6.14. The van der Waals surface area contributed by atoms with Gasteiger partial charge in [-0.3, -0.25) is 0 Å². The fourth-order valence-corrected chi connectivity index (χ4v) is 3.58. The minimum absolute atomic E-state index is 0.0351. The Morgan fingerprint density at radius 3 is 2.65 bits per heavy atom. The van der Waals surface area contributed by atoms with E-state index in [9.17, 15) is 5.11 Å². The zero-order chi connectivity index (χ0) is 14.0. The summed E-state index contributed by atoms with van der Waals surface area (Å²) in [5, 5.41) is 9.96. The van der Waals surface area contributed by atoms with Gasteiger partial charge in [0.25, 0.3) is 0 Å². The fourth-order valence-electron chi connectivity index (χ4n) is 3.32. The van der Waals surface area contributed by atoms with Crippen LogP contribution in [0.4, 0.5) is 0 Å². The molecule has 2 aliphatic rings. The van der Waals surface area contributed by atoms with Crippen molar-refractivity contribution in [2.45, 2.75) is 56.5 Å². The molecule has 0 aromatic heterocycles. The maximum absolute atomic E-state index is 9.21. The minimum atomic E-state index is -0.456. The first-order valence-electron chi connectivity index (χ1n) is 7.43. The summed E-state index contributed by atoms with van der Waals surface area (Å²) in [7, 11) is 0. The third-order valence-corrected chi connectivity index (χ3v) is 4.63. The van der Waals surface area contributed by atoms with Gasteiger partial charge in [0.2, 0.25) is 0 Å². The summed E-state index contributed by atoms with van der Waals surface area (Å²) in [4.78, 5) is 0. The summed E-state index contributed by atoms with van der Waals surface area (Å²) >= 11 is 6.31. The van der Waals surface area contributed by atoms with Gasteiger partial charge in [-0.25, -0.2) is 0 Å². The molecule has 4 heteroatoms. The van der Waals surface area contributed by atoms with Gasteiger partial charge in [-0.1, -0.05) is 29.8 Å². The molecule has 20 heavy (non-hydrogen) atoms. The van der Waals surface area contributed by atoms with Crippen LogP contribution in [0.3, 0.4) is 0 Å². The first kappa shape index (κ1) is 14.3. The maximum atomic E-state index is 9.21. The van der Waals surface area contributed by atoms with E-state index in [-0.39, 0.29) is 18.8 Å². The number of aliphatic hydroxyl groups excluding tert-OH is 1. The number of rotatable bonds is 3. The quantitative estimate of drug-likeness (QED) is 0.921. The average molecular weight is 297 g/mol. The van der Waals surface area contributed by atoms with Crippen molar-refractivity contribution >= 4 is 11.6 Å². The van der Waals surface area contributed by atoms with E-state index in [0.29, 0.717) is 6.42 Å². The summed E-state index contributed by atoms with van der Waals surface area (Å²) in [6.07, 6.45) is 5.59. The molecular formula is C16H21ClO3. The molecule has 0 bridgehead atoms. The van der Waals surface area contributed by atoms with E-state index in [2.05, 4.69) is 0 Å². The van der Waals surface area contributed by atoms with Crippen LogP contribution < -0.4 is 0 Å². The molecule has 0 amide bonds. The molecule has 1 aliphatic carbocycles. The smallest absolute Gasteiger partial charge is 0.169 e. The highest BCUT2D eigenvalue weighted by Crippen LogP contribution is 2.46. The SMILES string of the molecule is OCC[C@H]1C[C@@H](c2ccccc2Cl)OC2(CCCC2)O1. The highest BCUT2D eigenvalue weighted by molar-refractivity contribution is 6.31. The second-order valence-electron chi connectivity index (χ2n) is 5.73. The molecule has 3 rings (SSSR count). The first-order chi connectivity index (χ1) is 9.72. The molecular weight excluding hydrogens is 276 g/mol. The molecule has 1 spiro atoms. The Bertz CT molecular complexity index is 457. The number of ether oxygens (including phenoxy) is 2. The lowest BCUT2D eigenvalue weighted by Crippen LogP contribution is -2.44. The number of halogens is 1. The van der Waals surface area contributed by atoms with Gasteiger partial charge in [-0.2, -0.15) is 0 Å². The lowest BCUT2D eigenvalue weighted by Gasteiger charge is -2.43. The van der Waals surface area contributed by atoms with Gasteiger partial charge < -0.3 is 14.6 Å². The van der Waals surface area contributed by atoms with Gasteiger partial charge in [-0.05, 0) is 30.9 Å². The van der Waals surface area contributed by atoms with Gasteiger partial charge in [0, 0.05) is 30.9 Å². The zero-order valence-electron chi connectivity index (χ0n) is 11.6. The Labute approximate surface area is 124 Å². The van der Waals surface area contributed by atoms with Crippen LogP contribution >= 0.6 is 11.6 Å². The molecule has 110 valence electrons.